The molecule has 0 aromatic rings. The SMILES string of the molecule is C=C(CCONC)OC. The summed E-state index contributed by atoms with van der Waals surface area (Å²) < 4.78 is 4.79. The summed E-state index contributed by atoms with van der Waals surface area (Å²) >= 11 is 0. The molecule has 3 heteroatoms. The fourth-order valence-corrected chi connectivity index (χ4v) is 0.369. The molecule has 0 aromatic heterocycles. The molecule has 0 unspecified atom stereocenters. The molecule has 0 heterocycles. The van der Waals surface area contributed by atoms with Crippen LogP contribution in [-0.4, -0.2) is 20.8 Å². The van der Waals surface area contributed by atoms with E-state index in [9.17, 15) is 0 Å². The molecule has 0 fully saturated rings. The molecule has 0 saturated carbocycles. The lowest BCUT2D eigenvalue weighted by Crippen LogP contribution is -2.08. The Morgan fingerprint density at radius 2 is 2.33 bits per heavy atom. The number of ether oxygens (including phenoxy) is 1. The first-order valence-electron chi connectivity index (χ1n) is 2.81. The molecule has 0 aliphatic carbocycles. The van der Waals surface area contributed by atoms with Crippen LogP contribution in [0.1, 0.15) is 6.42 Å². The predicted octanol–water partition coefficient (Wildman–Crippen LogP) is 0.688. The molecule has 3 nitrogen and oxygen atoms in total. The van der Waals surface area contributed by atoms with E-state index < -0.39 is 0 Å². The molecule has 0 aliphatic heterocycles. The van der Waals surface area contributed by atoms with Crippen molar-refractivity contribution in [1.82, 2.24) is 5.48 Å². The Labute approximate surface area is 55.6 Å². The summed E-state index contributed by atoms with van der Waals surface area (Å²) in [5, 5.41) is 0. The van der Waals surface area contributed by atoms with Gasteiger partial charge in [-0.15, -0.1) is 0 Å². The van der Waals surface area contributed by atoms with Crippen molar-refractivity contribution in [1.29, 1.82) is 0 Å². The van der Waals surface area contributed by atoms with Crippen LogP contribution in [0.25, 0.3) is 0 Å². The van der Waals surface area contributed by atoms with E-state index in [0.29, 0.717) is 6.61 Å². The van der Waals surface area contributed by atoms with Crippen molar-refractivity contribution in [3.8, 4) is 0 Å². The summed E-state index contributed by atoms with van der Waals surface area (Å²) in [5.74, 6) is 0.741. The Hall–Kier alpha value is -0.540. The van der Waals surface area contributed by atoms with Gasteiger partial charge in [-0.2, -0.15) is 0 Å². The highest BCUT2D eigenvalue weighted by Crippen LogP contribution is 1.95. The number of hydrogen-bond acceptors (Lipinski definition) is 3. The van der Waals surface area contributed by atoms with E-state index >= 15 is 0 Å². The molecular formula is C6H13NO2. The first-order valence-corrected chi connectivity index (χ1v) is 2.81. The van der Waals surface area contributed by atoms with Gasteiger partial charge in [-0.1, -0.05) is 6.58 Å². The fourth-order valence-electron chi connectivity index (χ4n) is 0.369. The highest BCUT2D eigenvalue weighted by molar-refractivity contribution is 4.80. The summed E-state index contributed by atoms with van der Waals surface area (Å²) in [6.45, 7) is 4.22. The Morgan fingerprint density at radius 3 is 2.78 bits per heavy atom. The lowest BCUT2D eigenvalue weighted by Gasteiger charge is -2.02. The van der Waals surface area contributed by atoms with Crippen LogP contribution in [0.15, 0.2) is 12.3 Å². The second-order valence-electron chi connectivity index (χ2n) is 1.55. The standard InChI is InChI=1S/C6H13NO2/c1-6(8-3)4-5-9-7-2/h7H,1,4-5H2,2-3H3. The molecule has 1 N–H and O–H groups in total. The van der Waals surface area contributed by atoms with Gasteiger partial charge in [0.05, 0.1) is 19.5 Å². The minimum atomic E-state index is 0.600. The van der Waals surface area contributed by atoms with Crippen molar-refractivity contribution in [2.75, 3.05) is 20.8 Å². The van der Waals surface area contributed by atoms with Crippen molar-refractivity contribution >= 4 is 0 Å². The Balaban J connectivity index is 2.97. The zero-order valence-electron chi connectivity index (χ0n) is 5.94. The Bertz CT molecular complexity index is 83.1. The van der Waals surface area contributed by atoms with E-state index in [4.69, 9.17) is 9.57 Å². The van der Waals surface area contributed by atoms with E-state index in [-0.39, 0.29) is 0 Å². The molecule has 0 aromatic carbocycles. The maximum Gasteiger partial charge on any atom is 0.0907 e. The minimum Gasteiger partial charge on any atom is -0.502 e. The minimum absolute atomic E-state index is 0.600. The predicted molar refractivity (Wildman–Crippen MR) is 35.8 cm³/mol. The number of hydroxylamine groups is 1. The van der Waals surface area contributed by atoms with Gasteiger partial charge in [0.25, 0.3) is 0 Å². The smallest absolute Gasteiger partial charge is 0.0907 e. The summed E-state index contributed by atoms with van der Waals surface area (Å²) in [7, 11) is 3.32. The summed E-state index contributed by atoms with van der Waals surface area (Å²) in [5.41, 5.74) is 2.55. The third-order valence-corrected chi connectivity index (χ3v) is 0.916. The fraction of sp³-hybridized carbons (Fsp3) is 0.667. The van der Waals surface area contributed by atoms with E-state index in [2.05, 4.69) is 12.1 Å². The molecule has 54 valence electrons. The lowest BCUT2D eigenvalue weighted by atomic mass is 10.4. The van der Waals surface area contributed by atoms with Crippen molar-refractivity contribution in [2.24, 2.45) is 0 Å². The van der Waals surface area contributed by atoms with Crippen LogP contribution in [0.2, 0.25) is 0 Å². The summed E-state index contributed by atoms with van der Waals surface area (Å²) in [6.07, 6.45) is 0.733. The monoisotopic (exact) mass is 131 g/mol. The first-order chi connectivity index (χ1) is 4.31. The zero-order valence-corrected chi connectivity index (χ0v) is 5.94. The Morgan fingerprint density at radius 1 is 1.67 bits per heavy atom. The second kappa shape index (κ2) is 5.59. The second-order valence-corrected chi connectivity index (χ2v) is 1.55. The van der Waals surface area contributed by atoms with Gasteiger partial charge in [-0.25, -0.2) is 5.48 Å². The van der Waals surface area contributed by atoms with Gasteiger partial charge in [0.2, 0.25) is 0 Å². The van der Waals surface area contributed by atoms with Gasteiger partial charge >= 0.3 is 0 Å². The van der Waals surface area contributed by atoms with Crippen LogP contribution >= 0.6 is 0 Å². The van der Waals surface area contributed by atoms with Crippen LogP contribution in [-0.2, 0) is 9.57 Å². The van der Waals surface area contributed by atoms with Gasteiger partial charge < -0.3 is 9.57 Å². The normalized spacial score (nSPS) is 9.11. The van der Waals surface area contributed by atoms with Crippen molar-refractivity contribution < 1.29 is 9.57 Å². The molecule has 0 amide bonds. The van der Waals surface area contributed by atoms with E-state index in [1.807, 2.05) is 0 Å². The van der Waals surface area contributed by atoms with Crippen molar-refractivity contribution in [2.45, 2.75) is 6.42 Å². The molecule has 0 saturated heterocycles. The van der Waals surface area contributed by atoms with Gasteiger partial charge in [0.15, 0.2) is 0 Å². The molecule has 0 bridgehead atoms. The first kappa shape index (κ1) is 8.46. The lowest BCUT2D eigenvalue weighted by molar-refractivity contribution is 0.0538. The van der Waals surface area contributed by atoms with Crippen molar-refractivity contribution in [3.63, 3.8) is 0 Å². The largest absolute Gasteiger partial charge is 0.502 e. The number of rotatable bonds is 5. The third-order valence-electron chi connectivity index (χ3n) is 0.916. The van der Waals surface area contributed by atoms with Gasteiger partial charge in [0.1, 0.15) is 0 Å². The molecule has 9 heavy (non-hydrogen) atoms. The number of hydrogen-bond donors (Lipinski definition) is 1. The van der Waals surface area contributed by atoms with Crippen LogP contribution < -0.4 is 5.48 Å². The summed E-state index contributed by atoms with van der Waals surface area (Å²) in [4.78, 5) is 4.82. The number of nitrogens with one attached hydrogen (secondary N) is 1. The van der Waals surface area contributed by atoms with Gasteiger partial charge in [-0.05, 0) is 0 Å². The van der Waals surface area contributed by atoms with E-state index in [0.717, 1.165) is 12.2 Å². The van der Waals surface area contributed by atoms with E-state index in [1.54, 1.807) is 14.2 Å². The molecule has 0 aliphatic rings. The molecule has 0 rings (SSSR count). The molecular weight excluding hydrogens is 118 g/mol. The van der Waals surface area contributed by atoms with Crippen LogP contribution in [0.5, 0.6) is 0 Å². The van der Waals surface area contributed by atoms with Crippen LogP contribution in [0, 0.1) is 0 Å². The molecule has 0 radical (unpaired) electrons. The van der Waals surface area contributed by atoms with E-state index in [1.165, 1.54) is 0 Å². The maximum absolute atomic E-state index is 4.82. The third kappa shape index (κ3) is 5.33. The molecule has 0 spiro atoms. The Kier molecular flexibility index (Phi) is 5.26. The van der Waals surface area contributed by atoms with Gasteiger partial charge in [-0.3, -0.25) is 0 Å². The summed E-state index contributed by atoms with van der Waals surface area (Å²) in [6, 6.07) is 0. The van der Waals surface area contributed by atoms with Crippen LogP contribution in [0.3, 0.4) is 0 Å². The van der Waals surface area contributed by atoms with Gasteiger partial charge in [0, 0.05) is 13.5 Å². The topological polar surface area (TPSA) is 30.5 Å². The van der Waals surface area contributed by atoms with Crippen LogP contribution in [0.4, 0.5) is 0 Å². The zero-order chi connectivity index (χ0) is 7.11. The number of methoxy groups -OCH3 is 1. The quantitative estimate of drug-likeness (QED) is 0.338. The molecule has 0 atom stereocenters. The maximum atomic E-state index is 4.82. The highest BCUT2D eigenvalue weighted by atomic mass is 16.6. The average Bonchev–Trinajstić information content (AvgIpc) is 1.89. The highest BCUT2D eigenvalue weighted by Gasteiger charge is 1.89. The average molecular weight is 131 g/mol. The van der Waals surface area contributed by atoms with Crippen molar-refractivity contribution in [3.05, 3.63) is 12.3 Å².